The molecule has 0 saturated heterocycles. The monoisotopic (exact) mass is 250 g/mol. The van der Waals surface area contributed by atoms with Gasteiger partial charge in [-0.05, 0) is 49.2 Å². The number of ether oxygens (including phenoxy) is 1. The van der Waals surface area contributed by atoms with E-state index in [1.54, 1.807) is 7.11 Å². The fraction of sp³-hybridized carbons (Fsp3) is 0.462. The Balaban J connectivity index is 1.71. The molecule has 92 valence electrons. The summed E-state index contributed by atoms with van der Waals surface area (Å²) >= 11 is 5.19. The fourth-order valence-corrected chi connectivity index (χ4v) is 1.88. The number of hydrogen-bond acceptors (Lipinski definition) is 2. The zero-order chi connectivity index (χ0) is 12.1. The highest BCUT2D eigenvalue weighted by molar-refractivity contribution is 7.80. The van der Waals surface area contributed by atoms with Crippen LogP contribution in [0.2, 0.25) is 0 Å². The van der Waals surface area contributed by atoms with Crippen LogP contribution in [-0.4, -0.2) is 24.8 Å². The smallest absolute Gasteiger partial charge is 0.166 e. The van der Waals surface area contributed by atoms with E-state index in [0.29, 0.717) is 6.04 Å². The van der Waals surface area contributed by atoms with Gasteiger partial charge in [0.05, 0.1) is 7.11 Å². The van der Waals surface area contributed by atoms with Crippen molar-refractivity contribution in [2.45, 2.75) is 25.3 Å². The lowest BCUT2D eigenvalue weighted by Gasteiger charge is -2.09. The lowest BCUT2D eigenvalue weighted by Crippen LogP contribution is -2.37. The summed E-state index contributed by atoms with van der Waals surface area (Å²) in [7, 11) is 1.69. The number of thiocarbonyl (C=S) groups is 1. The summed E-state index contributed by atoms with van der Waals surface area (Å²) in [4.78, 5) is 0. The summed E-state index contributed by atoms with van der Waals surface area (Å²) in [5, 5.41) is 7.25. The molecule has 2 rings (SSSR count). The molecule has 1 fully saturated rings. The number of methoxy groups -OCH3 is 1. The van der Waals surface area contributed by atoms with Crippen LogP contribution in [0.3, 0.4) is 0 Å². The number of benzene rings is 1. The molecule has 0 radical (unpaired) electrons. The molecule has 0 spiro atoms. The first-order valence-electron chi connectivity index (χ1n) is 5.95. The molecule has 2 N–H and O–H groups in total. The van der Waals surface area contributed by atoms with E-state index in [1.165, 1.54) is 18.4 Å². The first-order valence-corrected chi connectivity index (χ1v) is 6.36. The zero-order valence-electron chi connectivity index (χ0n) is 10.0. The summed E-state index contributed by atoms with van der Waals surface area (Å²) < 4.78 is 5.18. The van der Waals surface area contributed by atoms with E-state index in [2.05, 4.69) is 22.8 Å². The Morgan fingerprint density at radius 2 is 2.29 bits per heavy atom. The van der Waals surface area contributed by atoms with Gasteiger partial charge in [-0.25, -0.2) is 0 Å². The second-order valence-corrected chi connectivity index (χ2v) is 4.68. The van der Waals surface area contributed by atoms with Crippen molar-refractivity contribution in [3.8, 4) is 5.75 Å². The van der Waals surface area contributed by atoms with Crippen LogP contribution >= 0.6 is 12.2 Å². The molecule has 1 aliphatic carbocycles. The maximum atomic E-state index is 5.19. The molecule has 1 aliphatic rings. The lowest BCUT2D eigenvalue weighted by molar-refractivity contribution is 0.414. The van der Waals surface area contributed by atoms with Crippen molar-refractivity contribution in [2.24, 2.45) is 0 Å². The van der Waals surface area contributed by atoms with Gasteiger partial charge in [-0.15, -0.1) is 0 Å². The quantitative estimate of drug-likeness (QED) is 0.782. The van der Waals surface area contributed by atoms with Gasteiger partial charge in [0.15, 0.2) is 5.11 Å². The minimum atomic E-state index is 0.617. The highest BCUT2D eigenvalue weighted by Crippen LogP contribution is 2.18. The Bertz CT molecular complexity index is 391. The molecule has 0 aliphatic heterocycles. The van der Waals surface area contributed by atoms with Crippen molar-refractivity contribution in [1.82, 2.24) is 10.6 Å². The third kappa shape index (κ3) is 4.23. The summed E-state index contributed by atoms with van der Waals surface area (Å²) in [6, 6.07) is 8.73. The summed E-state index contributed by atoms with van der Waals surface area (Å²) in [5.41, 5.74) is 1.26. The van der Waals surface area contributed by atoms with Crippen LogP contribution in [0.15, 0.2) is 24.3 Å². The Hall–Kier alpha value is -1.29. The summed E-state index contributed by atoms with van der Waals surface area (Å²) in [6.45, 7) is 0.853. The predicted octanol–water partition coefficient (Wildman–Crippen LogP) is 1.86. The van der Waals surface area contributed by atoms with Crippen LogP contribution < -0.4 is 15.4 Å². The average Bonchev–Trinajstić information content (AvgIpc) is 3.13. The predicted molar refractivity (Wildman–Crippen MR) is 73.5 cm³/mol. The number of nitrogens with one attached hydrogen (secondary N) is 2. The van der Waals surface area contributed by atoms with E-state index in [4.69, 9.17) is 17.0 Å². The average molecular weight is 250 g/mol. The van der Waals surface area contributed by atoms with Crippen LogP contribution in [-0.2, 0) is 6.42 Å². The minimum absolute atomic E-state index is 0.617. The van der Waals surface area contributed by atoms with Gasteiger partial charge in [0.25, 0.3) is 0 Å². The van der Waals surface area contributed by atoms with Gasteiger partial charge in [0.1, 0.15) is 5.75 Å². The largest absolute Gasteiger partial charge is 0.497 e. The molecule has 3 nitrogen and oxygen atoms in total. The summed E-state index contributed by atoms with van der Waals surface area (Å²) in [5.74, 6) is 0.904. The van der Waals surface area contributed by atoms with Gasteiger partial charge in [0.2, 0.25) is 0 Å². The standard InChI is InChI=1S/C13H18N2OS/c1-16-12-4-2-3-10(9-12)7-8-14-13(17)15-11-5-6-11/h2-4,9,11H,5-8H2,1H3,(H2,14,15,17). The second-order valence-electron chi connectivity index (χ2n) is 4.28. The SMILES string of the molecule is COc1cccc(CCNC(=S)NC2CC2)c1. The van der Waals surface area contributed by atoms with Crippen molar-refractivity contribution in [2.75, 3.05) is 13.7 Å². The van der Waals surface area contributed by atoms with Crippen LogP contribution in [0.1, 0.15) is 18.4 Å². The minimum Gasteiger partial charge on any atom is -0.497 e. The molecule has 17 heavy (non-hydrogen) atoms. The van der Waals surface area contributed by atoms with E-state index in [9.17, 15) is 0 Å². The Kier molecular flexibility index (Phi) is 4.20. The van der Waals surface area contributed by atoms with E-state index in [-0.39, 0.29) is 0 Å². The molecular formula is C13H18N2OS. The normalized spacial score (nSPS) is 14.2. The highest BCUT2D eigenvalue weighted by atomic mass is 32.1. The molecule has 0 unspecified atom stereocenters. The first kappa shape index (κ1) is 12.2. The highest BCUT2D eigenvalue weighted by Gasteiger charge is 2.21. The van der Waals surface area contributed by atoms with Crippen molar-refractivity contribution >= 4 is 17.3 Å². The van der Waals surface area contributed by atoms with Crippen LogP contribution in [0.4, 0.5) is 0 Å². The molecular weight excluding hydrogens is 232 g/mol. The van der Waals surface area contributed by atoms with E-state index in [0.717, 1.165) is 23.8 Å². The molecule has 0 bridgehead atoms. The Morgan fingerprint density at radius 1 is 1.47 bits per heavy atom. The van der Waals surface area contributed by atoms with Crippen LogP contribution in [0, 0.1) is 0 Å². The topological polar surface area (TPSA) is 33.3 Å². The van der Waals surface area contributed by atoms with Gasteiger partial charge < -0.3 is 15.4 Å². The van der Waals surface area contributed by atoms with E-state index in [1.807, 2.05) is 12.1 Å². The van der Waals surface area contributed by atoms with Gasteiger partial charge in [0, 0.05) is 12.6 Å². The van der Waals surface area contributed by atoms with Gasteiger partial charge in [-0.2, -0.15) is 0 Å². The van der Waals surface area contributed by atoms with Gasteiger partial charge in [-0.1, -0.05) is 12.1 Å². The van der Waals surface area contributed by atoms with Crippen molar-refractivity contribution in [1.29, 1.82) is 0 Å². The van der Waals surface area contributed by atoms with E-state index >= 15 is 0 Å². The molecule has 0 atom stereocenters. The third-order valence-electron chi connectivity index (χ3n) is 2.75. The van der Waals surface area contributed by atoms with Crippen molar-refractivity contribution in [3.05, 3.63) is 29.8 Å². The van der Waals surface area contributed by atoms with Gasteiger partial charge >= 0.3 is 0 Å². The van der Waals surface area contributed by atoms with Gasteiger partial charge in [-0.3, -0.25) is 0 Å². The molecule has 0 heterocycles. The third-order valence-corrected chi connectivity index (χ3v) is 3.01. The number of rotatable bonds is 5. The lowest BCUT2D eigenvalue weighted by atomic mass is 10.1. The van der Waals surface area contributed by atoms with Crippen LogP contribution in [0.25, 0.3) is 0 Å². The first-order chi connectivity index (χ1) is 8.28. The fourth-order valence-electron chi connectivity index (χ4n) is 1.61. The Morgan fingerprint density at radius 3 is 3.00 bits per heavy atom. The molecule has 4 heteroatoms. The molecule has 1 saturated carbocycles. The number of hydrogen-bond donors (Lipinski definition) is 2. The maximum absolute atomic E-state index is 5.19. The van der Waals surface area contributed by atoms with Crippen molar-refractivity contribution in [3.63, 3.8) is 0 Å². The molecule has 0 aromatic heterocycles. The maximum Gasteiger partial charge on any atom is 0.166 e. The van der Waals surface area contributed by atoms with E-state index < -0.39 is 0 Å². The summed E-state index contributed by atoms with van der Waals surface area (Å²) in [6.07, 6.45) is 3.44. The second kappa shape index (κ2) is 5.87. The molecule has 0 amide bonds. The zero-order valence-corrected chi connectivity index (χ0v) is 10.8. The van der Waals surface area contributed by atoms with Crippen molar-refractivity contribution < 1.29 is 4.74 Å². The Labute approximate surface area is 108 Å². The molecule has 1 aromatic rings. The van der Waals surface area contributed by atoms with Crippen LogP contribution in [0.5, 0.6) is 5.75 Å². The molecule has 1 aromatic carbocycles.